The minimum absolute atomic E-state index is 0.0484. The molecule has 0 unspecified atom stereocenters. The van der Waals surface area contributed by atoms with E-state index in [1.165, 1.54) is 18.3 Å². The van der Waals surface area contributed by atoms with Gasteiger partial charge in [-0.2, -0.15) is 5.10 Å². The quantitative estimate of drug-likeness (QED) is 0.183. The molecule has 0 radical (unpaired) electrons. The molecule has 2 amide bonds. The molecular formula is C21H24BrN3O4. The van der Waals surface area contributed by atoms with Gasteiger partial charge in [0.2, 0.25) is 11.8 Å². The van der Waals surface area contributed by atoms with Crippen LogP contribution in [0.2, 0.25) is 0 Å². The number of phenols is 2. The highest BCUT2D eigenvalue weighted by molar-refractivity contribution is 9.10. The highest BCUT2D eigenvalue weighted by Gasteiger charge is 2.06. The van der Waals surface area contributed by atoms with Crippen LogP contribution in [-0.4, -0.2) is 28.2 Å². The van der Waals surface area contributed by atoms with Gasteiger partial charge in [0, 0.05) is 22.9 Å². The van der Waals surface area contributed by atoms with Gasteiger partial charge in [-0.25, -0.2) is 5.43 Å². The molecule has 8 heteroatoms. The predicted octanol–water partition coefficient (Wildman–Crippen LogP) is 4.29. The van der Waals surface area contributed by atoms with E-state index in [0.29, 0.717) is 35.8 Å². The fraction of sp³-hybridized carbons (Fsp3) is 0.286. The number of carbonyl (C=O) groups excluding carboxylic acids is 2. The van der Waals surface area contributed by atoms with Crippen molar-refractivity contribution in [3.8, 4) is 11.5 Å². The van der Waals surface area contributed by atoms with Crippen molar-refractivity contribution in [3.05, 3.63) is 52.5 Å². The molecule has 0 saturated carbocycles. The Labute approximate surface area is 178 Å². The maximum absolute atomic E-state index is 11.9. The molecule has 2 aromatic carbocycles. The number of rotatable bonds is 10. The first kappa shape index (κ1) is 22.4. The molecule has 0 atom stereocenters. The van der Waals surface area contributed by atoms with E-state index in [0.717, 1.165) is 18.4 Å². The van der Waals surface area contributed by atoms with Gasteiger partial charge < -0.3 is 15.5 Å². The lowest BCUT2D eigenvalue weighted by Crippen LogP contribution is -2.17. The van der Waals surface area contributed by atoms with Crippen LogP contribution in [0.4, 0.5) is 5.69 Å². The van der Waals surface area contributed by atoms with Crippen LogP contribution >= 0.6 is 15.9 Å². The van der Waals surface area contributed by atoms with Crippen molar-refractivity contribution in [2.24, 2.45) is 5.10 Å². The number of phenolic OH excluding ortho intramolecular Hbond substituents is 2. The monoisotopic (exact) mass is 461 g/mol. The molecule has 0 aliphatic rings. The van der Waals surface area contributed by atoms with E-state index in [-0.39, 0.29) is 23.3 Å². The molecule has 0 aliphatic heterocycles. The third-order valence-corrected chi connectivity index (χ3v) is 4.80. The van der Waals surface area contributed by atoms with E-state index < -0.39 is 0 Å². The lowest BCUT2D eigenvalue weighted by atomic mass is 10.1. The first-order valence-electron chi connectivity index (χ1n) is 9.34. The molecular weight excluding hydrogens is 438 g/mol. The second kappa shape index (κ2) is 11.9. The Hall–Kier alpha value is -2.87. The van der Waals surface area contributed by atoms with Crippen LogP contribution in [0.25, 0.3) is 0 Å². The average Bonchev–Trinajstić information content (AvgIpc) is 2.68. The highest BCUT2D eigenvalue weighted by Crippen LogP contribution is 2.22. The SMILES string of the molecule is O=C(CCCCCCC(=O)Nc1ccccc1O)N/N=C/c1ccc(O)cc1Br. The topological polar surface area (TPSA) is 111 Å². The molecule has 29 heavy (non-hydrogen) atoms. The second-order valence-corrected chi connectivity index (χ2v) is 7.33. The summed E-state index contributed by atoms with van der Waals surface area (Å²) < 4.78 is 0.682. The molecule has 2 aromatic rings. The Bertz CT molecular complexity index is 871. The van der Waals surface area contributed by atoms with Crippen molar-refractivity contribution in [3.63, 3.8) is 0 Å². The Morgan fingerprint density at radius 3 is 2.34 bits per heavy atom. The van der Waals surface area contributed by atoms with Crippen LogP contribution < -0.4 is 10.7 Å². The minimum atomic E-state index is -0.173. The van der Waals surface area contributed by atoms with Crippen LogP contribution in [0.5, 0.6) is 11.5 Å². The lowest BCUT2D eigenvalue weighted by Gasteiger charge is -2.06. The fourth-order valence-corrected chi connectivity index (χ4v) is 3.04. The number of anilines is 1. The molecule has 0 aliphatic carbocycles. The number of hydrogen-bond acceptors (Lipinski definition) is 5. The average molecular weight is 462 g/mol. The summed E-state index contributed by atoms with van der Waals surface area (Å²) >= 11 is 3.31. The van der Waals surface area contributed by atoms with Gasteiger partial charge in [-0.3, -0.25) is 9.59 Å². The van der Waals surface area contributed by atoms with E-state index in [1.807, 2.05) is 0 Å². The fourth-order valence-electron chi connectivity index (χ4n) is 2.57. The molecule has 2 rings (SSSR count). The van der Waals surface area contributed by atoms with Gasteiger partial charge in [-0.1, -0.05) is 25.0 Å². The molecule has 0 spiro atoms. The van der Waals surface area contributed by atoms with Crippen LogP contribution in [0.3, 0.4) is 0 Å². The number of halogens is 1. The second-order valence-electron chi connectivity index (χ2n) is 6.48. The molecule has 154 valence electrons. The number of para-hydroxylation sites is 2. The maximum atomic E-state index is 11.9. The van der Waals surface area contributed by atoms with E-state index in [9.17, 15) is 19.8 Å². The molecule has 0 saturated heterocycles. The van der Waals surface area contributed by atoms with Gasteiger partial charge in [0.05, 0.1) is 11.9 Å². The number of unbranched alkanes of at least 4 members (excludes halogenated alkanes) is 3. The zero-order chi connectivity index (χ0) is 21.1. The molecule has 4 N–H and O–H groups in total. The van der Waals surface area contributed by atoms with Gasteiger partial charge >= 0.3 is 0 Å². The minimum Gasteiger partial charge on any atom is -0.508 e. The van der Waals surface area contributed by atoms with Crippen LogP contribution in [0.15, 0.2) is 52.0 Å². The Morgan fingerprint density at radius 2 is 1.66 bits per heavy atom. The van der Waals surface area contributed by atoms with Crippen molar-refractivity contribution < 1.29 is 19.8 Å². The van der Waals surface area contributed by atoms with Crippen molar-refractivity contribution in [2.75, 3.05) is 5.32 Å². The van der Waals surface area contributed by atoms with Gasteiger partial charge in [0.1, 0.15) is 11.5 Å². The summed E-state index contributed by atoms with van der Waals surface area (Å²) in [5.41, 5.74) is 3.63. The highest BCUT2D eigenvalue weighted by atomic mass is 79.9. The van der Waals surface area contributed by atoms with Crippen molar-refractivity contribution in [1.82, 2.24) is 5.43 Å². The van der Waals surface area contributed by atoms with Gasteiger partial charge in [-0.05, 0) is 59.1 Å². The van der Waals surface area contributed by atoms with Crippen LogP contribution in [0.1, 0.15) is 44.1 Å². The van der Waals surface area contributed by atoms with Crippen molar-refractivity contribution >= 4 is 39.6 Å². The summed E-state index contributed by atoms with van der Waals surface area (Å²) in [4.78, 5) is 23.6. The number of nitrogens with one attached hydrogen (secondary N) is 2. The molecule has 0 aromatic heterocycles. The molecule has 0 fully saturated rings. The summed E-state index contributed by atoms with van der Waals surface area (Å²) in [5.74, 6) is -0.117. The van der Waals surface area contributed by atoms with E-state index in [1.54, 1.807) is 30.3 Å². The van der Waals surface area contributed by atoms with E-state index in [2.05, 4.69) is 31.8 Å². The van der Waals surface area contributed by atoms with Gasteiger partial charge in [0.15, 0.2) is 0 Å². The van der Waals surface area contributed by atoms with Gasteiger partial charge in [0.25, 0.3) is 0 Å². The number of hydrazone groups is 1. The Kier molecular flexibility index (Phi) is 9.17. The summed E-state index contributed by atoms with van der Waals surface area (Å²) in [7, 11) is 0. The molecule has 0 heterocycles. The standard InChI is InChI=1S/C21H24BrN3O4/c22-17-13-16(26)12-11-15(17)14-23-25-21(29)10-4-2-1-3-9-20(28)24-18-7-5-6-8-19(18)27/h5-8,11-14,26-27H,1-4,9-10H2,(H,24,28)(H,25,29)/b23-14+. The third-order valence-electron chi connectivity index (χ3n) is 4.11. The summed E-state index contributed by atoms with van der Waals surface area (Å²) in [6.45, 7) is 0. The lowest BCUT2D eigenvalue weighted by molar-refractivity contribution is -0.121. The normalized spacial score (nSPS) is 10.8. The smallest absolute Gasteiger partial charge is 0.240 e. The summed E-state index contributed by atoms with van der Waals surface area (Å²) in [5, 5.41) is 25.6. The molecule has 0 bridgehead atoms. The zero-order valence-corrected chi connectivity index (χ0v) is 17.5. The summed E-state index contributed by atoms with van der Waals surface area (Å²) in [6.07, 6.45) is 5.34. The van der Waals surface area contributed by atoms with Crippen molar-refractivity contribution in [2.45, 2.75) is 38.5 Å². The number of amides is 2. The number of aromatic hydroxyl groups is 2. The third kappa shape index (κ3) is 8.35. The Morgan fingerprint density at radius 1 is 0.966 bits per heavy atom. The predicted molar refractivity (Wildman–Crippen MR) is 116 cm³/mol. The number of benzene rings is 2. The largest absolute Gasteiger partial charge is 0.508 e. The van der Waals surface area contributed by atoms with Crippen molar-refractivity contribution in [1.29, 1.82) is 0 Å². The first-order valence-corrected chi connectivity index (χ1v) is 10.1. The molecule has 7 nitrogen and oxygen atoms in total. The number of hydrogen-bond donors (Lipinski definition) is 4. The zero-order valence-electron chi connectivity index (χ0n) is 15.9. The van der Waals surface area contributed by atoms with Gasteiger partial charge in [-0.15, -0.1) is 0 Å². The van der Waals surface area contributed by atoms with Crippen LogP contribution in [0, 0.1) is 0 Å². The Balaban J connectivity index is 1.55. The number of carbonyl (C=O) groups is 2. The van der Waals surface area contributed by atoms with E-state index >= 15 is 0 Å². The first-order chi connectivity index (χ1) is 14.0. The summed E-state index contributed by atoms with van der Waals surface area (Å²) in [6, 6.07) is 11.4. The van der Waals surface area contributed by atoms with Crippen LogP contribution in [-0.2, 0) is 9.59 Å². The maximum Gasteiger partial charge on any atom is 0.240 e. The number of nitrogens with zero attached hydrogens (tertiary/aromatic N) is 1. The van der Waals surface area contributed by atoms with E-state index in [4.69, 9.17) is 0 Å².